The number of thiophene rings is 2. The molecule has 3 heteroatoms. The minimum atomic E-state index is 0.303. The van der Waals surface area contributed by atoms with Crippen molar-refractivity contribution in [3.8, 4) is 0 Å². The first-order valence-electron chi connectivity index (χ1n) is 5.92. The first-order chi connectivity index (χ1) is 8.31. The molecule has 0 aromatic carbocycles. The molecule has 0 fully saturated rings. The van der Waals surface area contributed by atoms with Gasteiger partial charge in [-0.2, -0.15) is 0 Å². The number of carbonyl (C=O) groups excluding carboxylic acids is 1. The van der Waals surface area contributed by atoms with E-state index in [-0.39, 0.29) is 0 Å². The summed E-state index contributed by atoms with van der Waals surface area (Å²) >= 11 is 3.33. The molecule has 0 N–H and O–H groups in total. The van der Waals surface area contributed by atoms with Gasteiger partial charge in [-0.3, -0.25) is 4.79 Å². The molecule has 17 heavy (non-hydrogen) atoms. The van der Waals surface area contributed by atoms with Gasteiger partial charge in [0, 0.05) is 15.8 Å². The summed E-state index contributed by atoms with van der Waals surface area (Å²) in [5.74, 6) is 0.303. The Kier molecular flexibility index (Phi) is 4.51. The molecule has 0 aliphatic carbocycles. The Balaban J connectivity index is 1.83. The molecule has 1 nitrogen and oxygen atoms in total. The average Bonchev–Trinajstić information content (AvgIpc) is 2.88. The maximum absolute atomic E-state index is 11.9. The highest BCUT2D eigenvalue weighted by Crippen LogP contribution is 2.30. The Morgan fingerprint density at radius 1 is 1.29 bits per heavy atom. The van der Waals surface area contributed by atoms with E-state index in [9.17, 15) is 4.79 Å². The topological polar surface area (TPSA) is 17.1 Å². The van der Waals surface area contributed by atoms with Crippen molar-refractivity contribution in [3.63, 3.8) is 0 Å². The highest BCUT2D eigenvalue weighted by molar-refractivity contribution is 7.27. The van der Waals surface area contributed by atoms with E-state index in [0.29, 0.717) is 12.2 Å². The van der Waals surface area contributed by atoms with Crippen LogP contribution in [0.5, 0.6) is 0 Å². The van der Waals surface area contributed by atoms with Crippen molar-refractivity contribution in [2.75, 3.05) is 0 Å². The number of rotatable bonds is 7. The summed E-state index contributed by atoms with van der Waals surface area (Å²) in [6.45, 7) is 3.70. The lowest BCUT2D eigenvalue weighted by Crippen LogP contribution is -1.95. The lowest BCUT2D eigenvalue weighted by molar-refractivity contribution is 0.0983. The molecule has 0 saturated carbocycles. The van der Waals surface area contributed by atoms with Crippen molar-refractivity contribution >= 4 is 37.9 Å². The largest absolute Gasteiger partial charge is 0.293 e. The van der Waals surface area contributed by atoms with Crippen LogP contribution in [0.15, 0.2) is 30.2 Å². The van der Waals surface area contributed by atoms with Crippen molar-refractivity contribution in [2.45, 2.75) is 32.1 Å². The standard InChI is InChI=1S/C14H16OS2/c1-2-3-4-5-6-7-11(15)13-10-14-12(17-13)8-9-16-14/h2,8-10H,1,3-7H2. The molecule has 2 aromatic rings. The quantitative estimate of drug-likeness (QED) is 0.377. The molecular weight excluding hydrogens is 248 g/mol. The van der Waals surface area contributed by atoms with Gasteiger partial charge in [-0.05, 0) is 36.8 Å². The maximum atomic E-state index is 11.9. The molecule has 0 saturated heterocycles. The molecule has 0 amide bonds. The smallest absolute Gasteiger partial charge is 0.172 e. The van der Waals surface area contributed by atoms with Crippen LogP contribution in [-0.4, -0.2) is 5.78 Å². The second kappa shape index (κ2) is 6.12. The molecule has 0 unspecified atom stereocenters. The Hall–Kier alpha value is -0.930. The summed E-state index contributed by atoms with van der Waals surface area (Å²) in [4.78, 5) is 12.9. The van der Waals surface area contributed by atoms with Gasteiger partial charge < -0.3 is 0 Å². The van der Waals surface area contributed by atoms with E-state index in [1.165, 1.54) is 9.40 Å². The van der Waals surface area contributed by atoms with E-state index in [1.807, 2.05) is 12.1 Å². The van der Waals surface area contributed by atoms with Gasteiger partial charge >= 0.3 is 0 Å². The summed E-state index contributed by atoms with van der Waals surface area (Å²) in [5, 5.41) is 2.07. The van der Waals surface area contributed by atoms with E-state index in [1.54, 1.807) is 22.7 Å². The monoisotopic (exact) mass is 264 g/mol. The fraction of sp³-hybridized carbons (Fsp3) is 0.357. The van der Waals surface area contributed by atoms with Crippen molar-refractivity contribution in [2.24, 2.45) is 0 Å². The van der Waals surface area contributed by atoms with Crippen LogP contribution in [-0.2, 0) is 0 Å². The second-order valence-corrected chi connectivity index (χ2v) is 6.10. The fourth-order valence-corrected chi connectivity index (χ4v) is 3.85. The zero-order valence-corrected chi connectivity index (χ0v) is 11.4. The van der Waals surface area contributed by atoms with Crippen LogP contribution in [0.1, 0.15) is 41.8 Å². The van der Waals surface area contributed by atoms with Crippen LogP contribution in [0.4, 0.5) is 0 Å². The number of fused-ring (bicyclic) bond motifs is 1. The Morgan fingerprint density at radius 3 is 2.94 bits per heavy atom. The zero-order valence-electron chi connectivity index (χ0n) is 9.78. The zero-order chi connectivity index (χ0) is 12.1. The third-order valence-corrected chi connectivity index (χ3v) is 4.86. The van der Waals surface area contributed by atoms with Crippen molar-refractivity contribution in [3.05, 3.63) is 35.0 Å². The molecular formula is C14H16OS2. The van der Waals surface area contributed by atoms with Gasteiger partial charge in [0.2, 0.25) is 0 Å². The van der Waals surface area contributed by atoms with Gasteiger partial charge in [0.25, 0.3) is 0 Å². The number of hydrogen-bond acceptors (Lipinski definition) is 3. The minimum absolute atomic E-state index is 0.303. The number of allylic oxidation sites excluding steroid dienone is 1. The van der Waals surface area contributed by atoms with Crippen LogP contribution in [0, 0.1) is 0 Å². The average molecular weight is 264 g/mol. The van der Waals surface area contributed by atoms with Crippen molar-refractivity contribution in [1.29, 1.82) is 0 Å². The van der Waals surface area contributed by atoms with E-state index < -0.39 is 0 Å². The maximum Gasteiger partial charge on any atom is 0.172 e. The second-order valence-electron chi connectivity index (χ2n) is 4.07. The molecule has 2 aromatic heterocycles. The van der Waals surface area contributed by atoms with E-state index in [2.05, 4.69) is 18.0 Å². The summed E-state index contributed by atoms with van der Waals surface area (Å²) in [7, 11) is 0. The highest BCUT2D eigenvalue weighted by atomic mass is 32.1. The van der Waals surface area contributed by atoms with Gasteiger partial charge in [-0.15, -0.1) is 29.3 Å². The molecule has 0 aliphatic heterocycles. The van der Waals surface area contributed by atoms with Gasteiger partial charge in [-0.1, -0.05) is 12.5 Å². The van der Waals surface area contributed by atoms with Crippen LogP contribution < -0.4 is 0 Å². The molecule has 2 rings (SSSR count). The molecule has 0 radical (unpaired) electrons. The summed E-state index contributed by atoms with van der Waals surface area (Å²) in [6.07, 6.45) is 6.95. The van der Waals surface area contributed by atoms with Gasteiger partial charge in [0.1, 0.15) is 0 Å². The molecule has 0 aliphatic rings. The highest BCUT2D eigenvalue weighted by Gasteiger charge is 2.10. The summed E-state index contributed by atoms with van der Waals surface area (Å²) in [6, 6.07) is 4.13. The molecule has 90 valence electrons. The van der Waals surface area contributed by atoms with Gasteiger partial charge in [-0.25, -0.2) is 0 Å². The van der Waals surface area contributed by atoms with Crippen LogP contribution in [0.3, 0.4) is 0 Å². The third kappa shape index (κ3) is 3.27. The number of unbranched alkanes of at least 4 members (excludes halogenated alkanes) is 3. The molecule has 0 atom stereocenters. The lowest BCUT2D eigenvalue weighted by atomic mass is 10.1. The predicted octanol–water partition coefficient (Wildman–Crippen LogP) is 5.28. The Bertz CT molecular complexity index is 479. The SMILES string of the molecule is C=CCCCCCC(=O)c1cc2sccc2s1. The normalized spacial score (nSPS) is 10.8. The fourth-order valence-electron chi connectivity index (χ4n) is 1.78. The summed E-state index contributed by atoms with van der Waals surface area (Å²) < 4.78 is 2.48. The number of hydrogen-bond donors (Lipinski definition) is 0. The molecule has 0 spiro atoms. The minimum Gasteiger partial charge on any atom is -0.293 e. The van der Waals surface area contributed by atoms with E-state index >= 15 is 0 Å². The van der Waals surface area contributed by atoms with Crippen LogP contribution >= 0.6 is 22.7 Å². The van der Waals surface area contributed by atoms with Gasteiger partial charge in [0.15, 0.2) is 5.78 Å². The number of ketones is 1. The predicted molar refractivity (Wildman–Crippen MR) is 77.3 cm³/mol. The number of carbonyl (C=O) groups is 1. The third-order valence-electron chi connectivity index (χ3n) is 2.73. The van der Waals surface area contributed by atoms with Gasteiger partial charge in [0.05, 0.1) is 4.88 Å². The molecule has 2 heterocycles. The first kappa shape index (κ1) is 12.5. The van der Waals surface area contributed by atoms with Crippen LogP contribution in [0.25, 0.3) is 9.40 Å². The van der Waals surface area contributed by atoms with E-state index in [4.69, 9.17) is 0 Å². The lowest BCUT2D eigenvalue weighted by Gasteiger charge is -1.97. The summed E-state index contributed by atoms with van der Waals surface area (Å²) in [5.41, 5.74) is 0. The van der Waals surface area contributed by atoms with Crippen molar-refractivity contribution in [1.82, 2.24) is 0 Å². The van der Waals surface area contributed by atoms with Crippen LogP contribution in [0.2, 0.25) is 0 Å². The van der Waals surface area contributed by atoms with E-state index in [0.717, 1.165) is 30.6 Å². The Labute approximate surface area is 110 Å². The van der Waals surface area contributed by atoms with Crippen molar-refractivity contribution < 1.29 is 4.79 Å². The molecule has 0 bridgehead atoms. The first-order valence-corrected chi connectivity index (χ1v) is 7.62. The Morgan fingerprint density at radius 2 is 2.18 bits per heavy atom. The number of Topliss-reactive ketones (excluding diaryl/α,β-unsaturated/α-hetero) is 1.